The Bertz CT molecular complexity index is 1390. The van der Waals surface area contributed by atoms with E-state index in [0.717, 1.165) is 11.1 Å². The molecule has 0 radical (unpaired) electrons. The van der Waals surface area contributed by atoms with Crippen LogP contribution in [0.4, 0.5) is 5.82 Å². The van der Waals surface area contributed by atoms with Crippen LogP contribution in [0.25, 0.3) is 11.0 Å². The SMILES string of the molecule is CN(C)S(=O)(=O)c1ccc2c(c1)nc(CCC(=O)Nc1ccn(Cc3cccnc3)n1)n2C. The second-order valence-electron chi connectivity index (χ2n) is 7.83. The van der Waals surface area contributed by atoms with E-state index in [1.165, 1.54) is 18.4 Å². The summed E-state index contributed by atoms with van der Waals surface area (Å²) in [4.78, 5) is 21.3. The quantitative estimate of drug-likeness (QED) is 0.424. The number of hydrogen-bond donors (Lipinski definition) is 1. The van der Waals surface area contributed by atoms with Crippen molar-refractivity contribution in [3.8, 4) is 0 Å². The number of benzene rings is 1. The maximum Gasteiger partial charge on any atom is 0.242 e. The lowest BCUT2D eigenvalue weighted by atomic mass is 10.3. The minimum Gasteiger partial charge on any atom is -0.331 e. The number of nitrogens with one attached hydrogen (secondary N) is 1. The van der Waals surface area contributed by atoms with Crippen molar-refractivity contribution in [3.05, 3.63) is 66.4 Å². The molecule has 1 amide bonds. The molecule has 0 aliphatic rings. The average molecular weight is 468 g/mol. The first-order valence-corrected chi connectivity index (χ1v) is 11.8. The van der Waals surface area contributed by atoms with Gasteiger partial charge in [0.1, 0.15) is 5.82 Å². The van der Waals surface area contributed by atoms with Crippen molar-refractivity contribution >= 4 is 32.8 Å². The molecule has 0 saturated carbocycles. The first-order chi connectivity index (χ1) is 15.7. The van der Waals surface area contributed by atoms with E-state index >= 15 is 0 Å². The van der Waals surface area contributed by atoms with Crippen molar-refractivity contribution in [1.82, 2.24) is 28.6 Å². The highest BCUT2D eigenvalue weighted by Crippen LogP contribution is 2.22. The maximum absolute atomic E-state index is 12.4. The topological polar surface area (TPSA) is 115 Å². The van der Waals surface area contributed by atoms with Gasteiger partial charge >= 0.3 is 0 Å². The van der Waals surface area contributed by atoms with Crippen LogP contribution in [0.2, 0.25) is 0 Å². The first kappa shape index (κ1) is 22.6. The van der Waals surface area contributed by atoms with Crippen LogP contribution in [0.1, 0.15) is 17.8 Å². The van der Waals surface area contributed by atoms with E-state index in [1.807, 2.05) is 23.7 Å². The third-order valence-corrected chi connectivity index (χ3v) is 7.09. The Labute approximate surface area is 191 Å². The molecule has 0 atom stereocenters. The summed E-state index contributed by atoms with van der Waals surface area (Å²) in [6, 6.07) is 10.4. The Morgan fingerprint density at radius 1 is 1.18 bits per heavy atom. The Morgan fingerprint density at radius 2 is 2.00 bits per heavy atom. The predicted molar refractivity (Wildman–Crippen MR) is 124 cm³/mol. The molecule has 0 saturated heterocycles. The van der Waals surface area contributed by atoms with Crippen molar-refractivity contribution in [2.24, 2.45) is 7.05 Å². The molecule has 0 bridgehead atoms. The first-order valence-electron chi connectivity index (χ1n) is 10.3. The fourth-order valence-corrected chi connectivity index (χ4v) is 4.37. The zero-order chi connectivity index (χ0) is 23.6. The van der Waals surface area contributed by atoms with Gasteiger partial charge in [-0.1, -0.05) is 6.07 Å². The predicted octanol–water partition coefficient (Wildman–Crippen LogP) is 2.03. The van der Waals surface area contributed by atoms with E-state index < -0.39 is 10.0 Å². The molecule has 4 aromatic rings. The number of anilines is 1. The van der Waals surface area contributed by atoms with Crippen molar-refractivity contribution < 1.29 is 13.2 Å². The molecule has 0 fully saturated rings. The number of amides is 1. The van der Waals surface area contributed by atoms with Crippen LogP contribution >= 0.6 is 0 Å². The Kier molecular flexibility index (Phi) is 6.25. The van der Waals surface area contributed by atoms with Crippen LogP contribution < -0.4 is 5.32 Å². The molecule has 4 rings (SSSR count). The van der Waals surface area contributed by atoms with Gasteiger partial charge < -0.3 is 9.88 Å². The van der Waals surface area contributed by atoms with Gasteiger partial charge in [-0.3, -0.25) is 14.5 Å². The van der Waals surface area contributed by atoms with E-state index in [4.69, 9.17) is 0 Å². The van der Waals surface area contributed by atoms with Crippen LogP contribution in [0.3, 0.4) is 0 Å². The molecule has 0 unspecified atom stereocenters. The largest absolute Gasteiger partial charge is 0.331 e. The van der Waals surface area contributed by atoms with E-state index in [2.05, 4.69) is 20.4 Å². The number of sulfonamides is 1. The van der Waals surface area contributed by atoms with Gasteiger partial charge in [0.05, 0.1) is 22.5 Å². The Balaban J connectivity index is 1.40. The molecule has 33 heavy (non-hydrogen) atoms. The molecule has 1 aromatic carbocycles. The average Bonchev–Trinajstić information content (AvgIpc) is 3.36. The summed E-state index contributed by atoms with van der Waals surface area (Å²) in [7, 11) is 1.29. The highest BCUT2D eigenvalue weighted by Gasteiger charge is 2.19. The fraction of sp³-hybridized carbons (Fsp3) is 0.273. The fourth-order valence-electron chi connectivity index (χ4n) is 3.45. The van der Waals surface area contributed by atoms with E-state index in [-0.39, 0.29) is 17.2 Å². The zero-order valence-electron chi connectivity index (χ0n) is 18.6. The van der Waals surface area contributed by atoms with Gasteiger partial charge in [-0.2, -0.15) is 5.10 Å². The number of pyridine rings is 1. The molecule has 3 heterocycles. The van der Waals surface area contributed by atoms with Crippen LogP contribution in [-0.4, -0.2) is 57.0 Å². The van der Waals surface area contributed by atoms with Crippen LogP contribution in [0.5, 0.6) is 0 Å². The van der Waals surface area contributed by atoms with Crippen LogP contribution in [0.15, 0.2) is 59.9 Å². The van der Waals surface area contributed by atoms with Gasteiger partial charge in [-0.05, 0) is 29.8 Å². The number of imidazole rings is 1. The second kappa shape index (κ2) is 9.12. The number of hydrogen-bond acceptors (Lipinski definition) is 6. The number of carbonyl (C=O) groups is 1. The monoisotopic (exact) mass is 467 g/mol. The molecular formula is C22H25N7O3S. The van der Waals surface area contributed by atoms with Gasteiger partial charge in [0.25, 0.3) is 0 Å². The smallest absolute Gasteiger partial charge is 0.242 e. The molecule has 0 aliphatic heterocycles. The molecule has 0 spiro atoms. The Morgan fingerprint density at radius 3 is 2.73 bits per heavy atom. The summed E-state index contributed by atoms with van der Waals surface area (Å²) in [5.74, 6) is 0.999. The molecule has 1 N–H and O–H groups in total. The van der Waals surface area contributed by atoms with E-state index in [9.17, 15) is 13.2 Å². The lowest BCUT2D eigenvalue weighted by molar-refractivity contribution is -0.116. The summed E-state index contributed by atoms with van der Waals surface area (Å²) in [6.07, 6.45) is 5.91. The number of fused-ring (bicyclic) bond motifs is 1. The van der Waals surface area contributed by atoms with Gasteiger partial charge in [-0.15, -0.1) is 0 Å². The number of aryl methyl sites for hydroxylation is 2. The molecule has 10 nitrogen and oxygen atoms in total. The molecule has 3 aromatic heterocycles. The van der Waals surface area contributed by atoms with Gasteiger partial charge in [0.2, 0.25) is 15.9 Å². The third kappa shape index (κ3) is 4.94. The van der Waals surface area contributed by atoms with Gasteiger partial charge in [0.15, 0.2) is 5.82 Å². The summed E-state index contributed by atoms with van der Waals surface area (Å²) in [5.41, 5.74) is 2.39. The van der Waals surface area contributed by atoms with Crippen molar-refractivity contribution in [2.75, 3.05) is 19.4 Å². The standard InChI is InChI=1S/C22H25N7O3S/c1-27(2)33(31,32)17-6-7-19-18(13-17)24-21(28(19)3)8-9-22(30)25-20-10-12-29(26-20)15-16-5-4-11-23-14-16/h4-7,10-14H,8-9,15H2,1-3H3,(H,25,26,30). The lowest BCUT2D eigenvalue weighted by Crippen LogP contribution is -2.22. The number of nitrogens with zero attached hydrogens (tertiary/aromatic N) is 6. The second-order valence-corrected chi connectivity index (χ2v) is 9.98. The summed E-state index contributed by atoms with van der Waals surface area (Å²) >= 11 is 0. The van der Waals surface area contributed by atoms with Crippen molar-refractivity contribution in [3.63, 3.8) is 0 Å². The number of aromatic nitrogens is 5. The summed E-state index contributed by atoms with van der Waals surface area (Å²) in [5, 5.41) is 7.18. The highest BCUT2D eigenvalue weighted by atomic mass is 32.2. The van der Waals surface area contributed by atoms with E-state index in [0.29, 0.717) is 30.1 Å². The van der Waals surface area contributed by atoms with Crippen molar-refractivity contribution in [2.45, 2.75) is 24.3 Å². The number of carbonyl (C=O) groups excluding carboxylic acids is 1. The zero-order valence-corrected chi connectivity index (χ0v) is 19.5. The normalized spacial score (nSPS) is 11.9. The third-order valence-electron chi connectivity index (χ3n) is 5.27. The number of rotatable bonds is 8. The maximum atomic E-state index is 12.4. The van der Waals surface area contributed by atoms with Gasteiger partial charge in [-0.25, -0.2) is 17.7 Å². The highest BCUT2D eigenvalue weighted by molar-refractivity contribution is 7.89. The Hall–Kier alpha value is -3.57. The molecule has 11 heteroatoms. The van der Waals surface area contributed by atoms with E-state index in [1.54, 1.807) is 47.5 Å². The summed E-state index contributed by atoms with van der Waals surface area (Å²) < 4.78 is 29.5. The molecular weight excluding hydrogens is 442 g/mol. The minimum atomic E-state index is -3.54. The molecule has 0 aliphatic carbocycles. The van der Waals surface area contributed by atoms with Gasteiger partial charge in [0, 0.05) is 58.6 Å². The molecule has 172 valence electrons. The lowest BCUT2D eigenvalue weighted by Gasteiger charge is -2.10. The van der Waals surface area contributed by atoms with Crippen LogP contribution in [-0.2, 0) is 34.8 Å². The summed E-state index contributed by atoms with van der Waals surface area (Å²) in [6.45, 7) is 0.565. The van der Waals surface area contributed by atoms with Crippen molar-refractivity contribution in [1.29, 1.82) is 0 Å². The minimum absolute atomic E-state index is 0.176. The van der Waals surface area contributed by atoms with Crippen LogP contribution in [0, 0.1) is 0 Å².